The highest BCUT2D eigenvalue weighted by atomic mass is 19.1. The van der Waals surface area contributed by atoms with Gasteiger partial charge in [0.1, 0.15) is 11.6 Å². The molecule has 34 heavy (non-hydrogen) atoms. The van der Waals surface area contributed by atoms with E-state index in [0.29, 0.717) is 23.6 Å². The molecule has 7 nitrogen and oxygen atoms in total. The number of piperazine rings is 1. The van der Waals surface area contributed by atoms with Crippen molar-refractivity contribution in [3.8, 4) is 11.1 Å². The largest absolute Gasteiger partial charge is 0.392 e. The van der Waals surface area contributed by atoms with Crippen LogP contribution in [0.3, 0.4) is 0 Å². The number of nitrogens with zero attached hydrogens (tertiary/aromatic N) is 5. The van der Waals surface area contributed by atoms with Gasteiger partial charge in [-0.05, 0) is 25.1 Å². The molecule has 4 aromatic rings. The standard InChI is InChI=1S/C26H27FN6O/c1-18(34)17-32-11-13-33(14-12-32)24-10-9-20(16-28-24)30-26-29-15-19-5-4-7-22(25(19)31-26)21-6-2-3-8-23(21)27/h2-10,15-16,18,34H,11-14,17H2,1H3,(H,29,30,31). The molecule has 0 spiro atoms. The summed E-state index contributed by atoms with van der Waals surface area (Å²) in [4.78, 5) is 18.2. The first kappa shape index (κ1) is 22.2. The Morgan fingerprint density at radius 2 is 1.74 bits per heavy atom. The number of hydrogen-bond acceptors (Lipinski definition) is 7. The second kappa shape index (κ2) is 9.70. The van der Waals surface area contributed by atoms with Gasteiger partial charge in [0.2, 0.25) is 5.95 Å². The molecular weight excluding hydrogens is 431 g/mol. The maximum absolute atomic E-state index is 14.4. The number of benzene rings is 2. The molecule has 2 N–H and O–H groups in total. The van der Waals surface area contributed by atoms with Crippen molar-refractivity contribution in [3.05, 3.63) is 72.8 Å². The zero-order valence-electron chi connectivity index (χ0n) is 19.0. The third kappa shape index (κ3) is 4.83. The summed E-state index contributed by atoms with van der Waals surface area (Å²) < 4.78 is 14.4. The maximum atomic E-state index is 14.4. The Morgan fingerprint density at radius 3 is 2.47 bits per heavy atom. The average molecular weight is 459 g/mol. The molecule has 0 saturated carbocycles. The van der Waals surface area contributed by atoms with Crippen LogP contribution in [0.1, 0.15) is 6.92 Å². The number of aromatic nitrogens is 3. The predicted molar refractivity (Wildman–Crippen MR) is 133 cm³/mol. The highest BCUT2D eigenvalue weighted by Crippen LogP contribution is 2.30. The van der Waals surface area contributed by atoms with Gasteiger partial charge in [-0.3, -0.25) is 4.90 Å². The summed E-state index contributed by atoms with van der Waals surface area (Å²) in [5.74, 6) is 1.07. The Balaban J connectivity index is 1.32. The van der Waals surface area contributed by atoms with Crippen LogP contribution >= 0.6 is 0 Å². The van der Waals surface area contributed by atoms with Crippen molar-refractivity contribution in [1.82, 2.24) is 19.9 Å². The Labute approximate surface area is 197 Å². The van der Waals surface area contributed by atoms with Crippen LogP contribution in [0.2, 0.25) is 0 Å². The number of rotatable bonds is 6. The van der Waals surface area contributed by atoms with E-state index in [2.05, 4.69) is 30.1 Å². The average Bonchev–Trinajstić information content (AvgIpc) is 2.85. The monoisotopic (exact) mass is 458 g/mol. The number of halogens is 1. The Kier molecular flexibility index (Phi) is 6.33. The molecule has 1 fully saturated rings. The summed E-state index contributed by atoms with van der Waals surface area (Å²) in [5.41, 5.74) is 2.70. The molecule has 174 valence electrons. The number of β-amino-alcohol motifs (C(OH)–C–C–N with tert-alkyl or cyclic N) is 1. The van der Waals surface area contributed by atoms with Gasteiger partial charge in [0.25, 0.3) is 0 Å². The van der Waals surface area contributed by atoms with Gasteiger partial charge in [0.15, 0.2) is 0 Å². The first-order valence-corrected chi connectivity index (χ1v) is 11.5. The molecule has 5 rings (SSSR count). The van der Waals surface area contributed by atoms with Gasteiger partial charge in [0.05, 0.1) is 23.5 Å². The molecular formula is C26H27FN6O. The Bertz CT molecular complexity index is 1270. The highest BCUT2D eigenvalue weighted by molar-refractivity contribution is 5.94. The van der Waals surface area contributed by atoms with E-state index < -0.39 is 0 Å². The molecule has 2 aromatic heterocycles. The molecule has 0 bridgehead atoms. The predicted octanol–water partition coefficient (Wildman–Crippen LogP) is 4.08. The van der Waals surface area contributed by atoms with Gasteiger partial charge in [-0.2, -0.15) is 0 Å². The summed E-state index contributed by atoms with van der Waals surface area (Å²) in [7, 11) is 0. The van der Waals surface area contributed by atoms with E-state index in [0.717, 1.165) is 48.6 Å². The van der Waals surface area contributed by atoms with Crippen LogP contribution < -0.4 is 10.2 Å². The fourth-order valence-electron chi connectivity index (χ4n) is 4.32. The molecule has 0 amide bonds. The first-order valence-electron chi connectivity index (χ1n) is 11.5. The molecule has 1 saturated heterocycles. The second-order valence-electron chi connectivity index (χ2n) is 8.58. The van der Waals surface area contributed by atoms with Crippen LogP contribution in [-0.2, 0) is 0 Å². The minimum absolute atomic E-state index is 0.283. The Morgan fingerprint density at radius 1 is 0.941 bits per heavy atom. The van der Waals surface area contributed by atoms with E-state index in [1.54, 1.807) is 24.5 Å². The van der Waals surface area contributed by atoms with Crippen molar-refractivity contribution in [1.29, 1.82) is 0 Å². The van der Waals surface area contributed by atoms with Gasteiger partial charge in [-0.1, -0.05) is 36.4 Å². The topological polar surface area (TPSA) is 77.4 Å². The van der Waals surface area contributed by atoms with Crippen molar-refractivity contribution in [2.24, 2.45) is 0 Å². The molecule has 2 aromatic carbocycles. The SMILES string of the molecule is CC(O)CN1CCN(c2ccc(Nc3ncc4cccc(-c5ccccc5F)c4n3)cn2)CC1. The van der Waals surface area contributed by atoms with Crippen LogP contribution in [0.25, 0.3) is 22.0 Å². The summed E-state index contributed by atoms with van der Waals surface area (Å²) in [6, 6.07) is 16.3. The van der Waals surface area contributed by atoms with Crippen LogP contribution in [0, 0.1) is 5.82 Å². The molecule has 1 atom stereocenters. The third-order valence-corrected chi connectivity index (χ3v) is 6.00. The van der Waals surface area contributed by atoms with Crippen molar-refractivity contribution in [3.63, 3.8) is 0 Å². The fourth-order valence-corrected chi connectivity index (χ4v) is 4.32. The van der Waals surface area contributed by atoms with Crippen molar-refractivity contribution in [2.75, 3.05) is 42.9 Å². The van der Waals surface area contributed by atoms with Gasteiger partial charge < -0.3 is 15.3 Å². The van der Waals surface area contributed by atoms with E-state index in [-0.39, 0.29) is 11.9 Å². The fraction of sp³-hybridized carbons (Fsp3) is 0.269. The number of pyridine rings is 1. The van der Waals surface area contributed by atoms with Crippen LogP contribution in [0.4, 0.5) is 21.8 Å². The lowest BCUT2D eigenvalue weighted by atomic mass is 10.0. The van der Waals surface area contributed by atoms with Crippen molar-refractivity contribution < 1.29 is 9.50 Å². The van der Waals surface area contributed by atoms with E-state index in [1.165, 1.54) is 6.07 Å². The number of anilines is 3. The summed E-state index contributed by atoms with van der Waals surface area (Å²) in [6.07, 6.45) is 3.20. The number of aliphatic hydroxyl groups is 1. The molecule has 1 aliphatic heterocycles. The van der Waals surface area contributed by atoms with E-state index in [1.807, 2.05) is 43.3 Å². The molecule has 3 heterocycles. The van der Waals surface area contributed by atoms with Crippen molar-refractivity contribution in [2.45, 2.75) is 13.0 Å². The number of para-hydroxylation sites is 1. The van der Waals surface area contributed by atoms with Gasteiger partial charge in [-0.15, -0.1) is 0 Å². The lowest BCUT2D eigenvalue weighted by molar-refractivity contribution is 0.122. The first-order chi connectivity index (χ1) is 16.6. The molecule has 0 aliphatic carbocycles. The van der Waals surface area contributed by atoms with Crippen LogP contribution in [0.15, 0.2) is 67.0 Å². The second-order valence-corrected chi connectivity index (χ2v) is 8.58. The molecule has 8 heteroatoms. The summed E-state index contributed by atoms with van der Waals surface area (Å²) in [6.45, 7) is 6.08. The minimum atomic E-state index is -0.310. The molecule has 1 aliphatic rings. The normalized spacial score (nSPS) is 15.4. The van der Waals surface area contributed by atoms with E-state index >= 15 is 0 Å². The Hall–Kier alpha value is -3.62. The lowest BCUT2D eigenvalue weighted by Crippen LogP contribution is -2.48. The number of hydrogen-bond donors (Lipinski definition) is 2. The smallest absolute Gasteiger partial charge is 0.227 e. The van der Waals surface area contributed by atoms with E-state index in [9.17, 15) is 9.50 Å². The van der Waals surface area contributed by atoms with Crippen LogP contribution in [0.5, 0.6) is 0 Å². The number of fused-ring (bicyclic) bond motifs is 1. The quantitative estimate of drug-likeness (QED) is 0.451. The minimum Gasteiger partial charge on any atom is -0.392 e. The highest BCUT2D eigenvalue weighted by Gasteiger charge is 2.19. The van der Waals surface area contributed by atoms with E-state index in [4.69, 9.17) is 0 Å². The maximum Gasteiger partial charge on any atom is 0.227 e. The third-order valence-electron chi connectivity index (χ3n) is 6.00. The molecule has 0 radical (unpaired) electrons. The lowest BCUT2D eigenvalue weighted by Gasteiger charge is -2.35. The zero-order valence-corrected chi connectivity index (χ0v) is 19.0. The summed E-state index contributed by atoms with van der Waals surface area (Å²) in [5, 5.41) is 13.6. The zero-order chi connectivity index (χ0) is 23.5. The van der Waals surface area contributed by atoms with Gasteiger partial charge >= 0.3 is 0 Å². The molecule has 1 unspecified atom stereocenters. The number of nitrogens with one attached hydrogen (secondary N) is 1. The van der Waals surface area contributed by atoms with Gasteiger partial charge in [0, 0.05) is 55.4 Å². The summed E-state index contributed by atoms with van der Waals surface area (Å²) >= 11 is 0. The van der Waals surface area contributed by atoms with Crippen molar-refractivity contribution >= 4 is 28.4 Å². The van der Waals surface area contributed by atoms with Crippen LogP contribution in [-0.4, -0.2) is 63.8 Å². The number of aliphatic hydroxyl groups excluding tert-OH is 1. The van der Waals surface area contributed by atoms with Gasteiger partial charge in [-0.25, -0.2) is 19.3 Å².